The molecule has 6 heteroatoms. The van der Waals surface area contributed by atoms with Crippen LogP contribution in [0.1, 0.15) is 16.1 Å². The van der Waals surface area contributed by atoms with E-state index in [1.807, 2.05) is 66.7 Å². The Labute approximate surface area is 181 Å². The average Bonchev–Trinajstić information content (AvgIpc) is 3.30. The van der Waals surface area contributed by atoms with Crippen LogP contribution in [0.3, 0.4) is 0 Å². The summed E-state index contributed by atoms with van der Waals surface area (Å²) in [6, 6.07) is 24.0. The lowest BCUT2D eigenvalue weighted by atomic mass is 10.1. The van der Waals surface area contributed by atoms with Crippen molar-refractivity contribution < 1.29 is 14.0 Å². The number of hydrogen-bond acceptors (Lipinski definition) is 3. The molecule has 0 radical (unpaired) electrons. The second-order valence-corrected chi connectivity index (χ2v) is 7.44. The zero-order chi connectivity index (χ0) is 20.9. The summed E-state index contributed by atoms with van der Waals surface area (Å²) < 4.78 is 6.06. The third-order valence-electron chi connectivity index (χ3n) is 4.46. The monoisotopic (exact) mass is 460 g/mol. The number of amides is 2. The maximum absolute atomic E-state index is 13.1. The first kappa shape index (κ1) is 19.7. The Morgan fingerprint density at radius 2 is 1.63 bits per heavy atom. The Kier molecular flexibility index (Phi) is 5.77. The van der Waals surface area contributed by atoms with E-state index in [0.29, 0.717) is 5.69 Å². The normalized spacial score (nSPS) is 11.3. The van der Waals surface area contributed by atoms with Gasteiger partial charge in [-0.25, -0.2) is 0 Å². The second kappa shape index (κ2) is 8.80. The Morgan fingerprint density at radius 1 is 0.867 bits per heavy atom. The van der Waals surface area contributed by atoms with Gasteiger partial charge >= 0.3 is 0 Å². The summed E-state index contributed by atoms with van der Waals surface area (Å²) in [6.07, 6.45) is 3.02. The number of rotatable bonds is 5. The molecule has 0 atom stereocenters. The summed E-state index contributed by atoms with van der Waals surface area (Å²) in [7, 11) is 0. The standard InChI is InChI=1S/C24H17BrN2O3/c25-18-12-10-16(11-13-18)15-21(27-24(29)22-9-4-14-30-22)23(28)26-20-8-3-6-17-5-1-2-7-19(17)20/h1-15H,(H,26,28)(H,27,29)/b21-15-. The molecule has 2 amide bonds. The van der Waals surface area contributed by atoms with Crippen LogP contribution in [-0.2, 0) is 4.79 Å². The van der Waals surface area contributed by atoms with Gasteiger partial charge in [-0.1, -0.05) is 64.5 Å². The lowest BCUT2D eigenvalue weighted by molar-refractivity contribution is -0.113. The van der Waals surface area contributed by atoms with Crippen molar-refractivity contribution in [3.05, 3.63) is 107 Å². The van der Waals surface area contributed by atoms with Crippen molar-refractivity contribution in [3.8, 4) is 0 Å². The van der Waals surface area contributed by atoms with E-state index in [9.17, 15) is 9.59 Å². The molecule has 4 rings (SSSR count). The predicted molar refractivity (Wildman–Crippen MR) is 121 cm³/mol. The van der Waals surface area contributed by atoms with E-state index in [0.717, 1.165) is 20.8 Å². The van der Waals surface area contributed by atoms with Crippen LogP contribution >= 0.6 is 15.9 Å². The fourth-order valence-electron chi connectivity index (χ4n) is 3.00. The molecule has 148 valence electrons. The fraction of sp³-hybridized carbons (Fsp3) is 0. The first-order chi connectivity index (χ1) is 14.6. The number of carbonyl (C=O) groups is 2. The number of hydrogen-bond donors (Lipinski definition) is 2. The van der Waals surface area contributed by atoms with Crippen molar-refractivity contribution >= 4 is 50.3 Å². The minimum atomic E-state index is -0.503. The third kappa shape index (κ3) is 4.50. The van der Waals surface area contributed by atoms with Crippen molar-refractivity contribution in [2.45, 2.75) is 0 Å². The Balaban J connectivity index is 1.66. The van der Waals surface area contributed by atoms with Gasteiger partial charge in [-0.15, -0.1) is 0 Å². The smallest absolute Gasteiger partial charge is 0.291 e. The van der Waals surface area contributed by atoms with E-state index in [-0.39, 0.29) is 11.5 Å². The summed E-state index contributed by atoms with van der Waals surface area (Å²) in [5.41, 5.74) is 1.53. The molecule has 0 bridgehead atoms. The minimum Gasteiger partial charge on any atom is -0.459 e. The fourth-order valence-corrected chi connectivity index (χ4v) is 3.26. The first-order valence-electron chi connectivity index (χ1n) is 9.21. The quantitative estimate of drug-likeness (QED) is 0.380. The van der Waals surface area contributed by atoms with Crippen LogP contribution in [0.25, 0.3) is 16.8 Å². The number of furan rings is 1. The lowest BCUT2D eigenvalue weighted by Crippen LogP contribution is -2.30. The Bertz CT molecular complexity index is 1220. The molecular formula is C24H17BrN2O3. The van der Waals surface area contributed by atoms with Crippen molar-refractivity contribution in [2.24, 2.45) is 0 Å². The molecule has 3 aromatic carbocycles. The van der Waals surface area contributed by atoms with E-state index in [1.54, 1.807) is 12.1 Å². The Morgan fingerprint density at radius 3 is 2.40 bits per heavy atom. The highest BCUT2D eigenvalue weighted by Crippen LogP contribution is 2.23. The van der Waals surface area contributed by atoms with Crippen molar-refractivity contribution in [2.75, 3.05) is 5.32 Å². The third-order valence-corrected chi connectivity index (χ3v) is 4.99. The Hall–Kier alpha value is -3.64. The van der Waals surface area contributed by atoms with Gasteiger partial charge in [-0.3, -0.25) is 9.59 Å². The molecule has 0 unspecified atom stereocenters. The van der Waals surface area contributed by atoms with Crippen LogP contribution in [-0.4, -0.2) is 11.8 Å². The summed E-state index contributed by atoms with van der Waals surface area (Å²) >= 11 is 3.39. The maximum atomic E-state index is 13.1. The van der Waals surface area contributed by atoms with E-state index in [1.165, 1.54) is 12.3 Å². The summed E-state index contributed by atoms with van der Waals surface area (Å²) in [5, 5.41) is 7.48. The van der Waals surface area contributed by atoms with E-state index in [2.05, 4.69) is 26.6 Å². The molecule has 0 spiro atoms. The zero-order valence-electron chi connectivity index (χ0n) is 15.8. The number of anilines is 1. The van der Waals surface area contributed by atoms with Crippen molar-refractivity contribution in [1.82, 2.24) is 5.32 Å². The van der Waals surface area contributed by atoms with Crippen LogP contribution in [0.4, 0.5) is 5.69 Å². The zero-order valence-corrected chi connectivity index (χ0v) is 17.3. The minimum absolute atomic E-state index is 0.103. The van der Waals surface area contributed by atoms with Gasteiger partial charge in [0.1, 0.15) is 5.70 Å². The number of fused-ring (bicyclic) bond motifs is 1. The predicted octanol–water partition coefficient (Wildman–Crippen LogP) is 5.60. The average molecular weight is 461 g/mol. The van der Waals surface area contributed by atoms with Crippen LogP contribution in [0.2, 0.25) is 0 Å². The highest BCUT2D eigenvalue weighted by molar-refractivity contribution is 9.10. The van der Waals surface area contributed by atoms with Gasteiger partial charge < -0.3 is 15.1 Å². The lowest BCUT2D eigenvalue weighted by Gasteiger charge is -2.12. The number of nitrogens with one attached hydrogen (secondary N) is 2. The molecule has 0 fully saturated rings. The van der Waals surface area contributed by atoms with E-state index in [4.69, 9.17) is 4.42 Å². The van der Waals surface area contributed by atoms with Gasteiger partial charge in [0.2, 0.25) is 0 Å². The first-order valence-corrected chi connectivity index (χ1v) is 10.0. The van der Waals surface area contributed by atoms with Crippen LogP contribution in [0.15, 0.2) is 99.7 Å². The van der Waals surface area contributed by atoms with E-state index >= 15 is 0 Å². The second-order valence-electron chi connectivity index (χ2n) is 6.52. The number of halogens is 1. The topological polar surface area (TPSA) is 71.3 Å². The molecule has 0 aliphatic rings. The van der Waals surface area contributed by atoms with Crippen molar-refractivity contribution in [3.63, 3.8) is 0 Å². The van der Waals surface area contributed by atoms with Crippen LogP contribution in [0, 0.1) is 0 Å². The molecule has 4 aromatic rings. The molecule has 0 saturated heterocycles. The molecule has 0 aliphatic heterocycles. The highest BCUT2D eigenvalue weighted by Gasteiger charge is 2.17. The van der Waals surface area contributed by atoms with Gasteiger partial charge in [0.15, 0.2) is 5.76 Å². The van der Waals surface area contributed by atoms with Crippen molar-refractivity contribution in [1.29, 1.82) is 0 Å². The molecule has 30 heavy (non-hydrogen) atoms. The van der Waals surface area contributed by atoms with Gasteiger partial charge in [-0.05, 0) is 47.4 Å². The SMILES string of the molecule is O=C(Nc1cccc2ccccc12)/C(=C/c1ccc(Br)cc1)NC(=O)c1ccco1. The molecule has 1 aromatic heterocycles. The molecular weight excluding hydrogens is 444 g/mol. The molecule has 0 aliphatic carbocycles. The molecule has 2 N–H and O–H groups in total. The summed E-state index contributed by atoms with van der Waals surface area (Å²) in [4.78, 5) is 25.6. The molecule has 5 nitrogen and oxygen atoms in total. The van der Waals surface area contributed by atoms with Gasteiger partial charge in [-0.2, -0.15) is 0 Å². The van der Waals surface area contributed by atoms with Crippen LogP contribution in [0.5, 0.6) is 0 Å². The van der Waals surface area contributed by atoms with Gasteiger partial charge in [0.25, 0.3) is 11.8 Å². The number of carbonyl (C=O) groups excluding carboxylic acids is 2. The largest absolute Gasteiger partial charge is 0.459 e. The van der Waals surface area contributed by atoms with Crippen LogP contribution < -0.4 is 10.6 Å². The summed E-state index contributed by atoms with van der Waals surface area (Å²) in [6.45, 7) is 0. The van der Waals surface area contributed by atoms with Gasteiger partial charge in [0, 0.05) is 15.5 Å². The highest BCUT2D eigenvalue weighted by atomic mass is 79.9. The van der Waals surface area contributed by atoms with Gasteiger partial charge in [0.05, 0.1) is 6.26 Å². The molecule has 0 saturated carbocycles. The van der Waals surface area contributed by atoms with E-state index < -0.39 is 11.8 Å². The molecule has 1 heterocycles. The maximum Gasteiger partial charge on any atom is 0.291 e. The summed E-state index contributed by atoms with van der Waals surface area (Å²) in [5.74, 6) is -0.819. The number of benzene rings is 3.